The summed E-state index contributed by atoms with van der Waals surface area (Å²) in [5.74, 6) is 1.32. The lowest BCUT2D eigenvalue weighted by molar-refractivity contribution is -0.117. The number of fused-ring (bicyclic) bond motifs is 1. The number of amides is 1. The first-order chi connectivity index (χ1) is 13.6. The Kier molecular flexibility index (Phi) is 4.31. The monoisotopic (exact) mass is 393 g/mol. The molecule has 144 valence electrons. The molecule has 1 fully saturated rings. The molecule has 0 bridgehead atoms. The van der Waals surface area contributed by atoms with Crippen molar-refractivity contribution in [1.82, 2.24) is 10.1 Å². The molecule has 1 unspecified atom stereocenters. The summed E-state index contributed by atoms with van der Waals surface area (Å²) in [5, 5.41) is 4.22. The minimum atomic E-state index is -0.0274. The molecule has 1 atom stereocenters. The Morgan fingerprint density at radius 2 is 1.89 bits per heavy atom. The van der Waals surface area contributed by atoms with Crippen LogP contribution < -0.4 is 4.90 Å². The maximum Gasteiger partial charge on any atom is 0.268 e. The second-order valence-electron chi connectivity index (χ2n) is 7.98. The van der Waals surface area contributed by atoms with Crippen molar-refractivity contribution in [2.75, 3.05) is 11.4 Å². The van der Waals surface area contributed by atoms with Crippen LogP contribution in [0.4, 0.5) is 5.69 Å². The van der Waals surface area contributed by atoms with Crippen molar-refractivity contribution >= 4 is 22.9 Å². The molecule has 3 aromatic rings. The molecule has 5 rings (SSSR count). The Bertz CT molecular complexity index is 1010. The number of aryl methyl sites for hydroxylation is 4. The van der Waals surface area contributed by atoms with Crippen LogP contribution in [0.15, 0.2) is 28.8 Å². The van der Waals surface area contributed by atoms with Crippen molar-refractivity contribution in [1.29, 1.82) is 0 Å². The number of carbonyl (C=O) groups is 1. The Balaban J connectivity index is 1.37. The molecule has 3 heterocycles. The standard InChI is InChI=1S/C22H23N3O2S/c1-13-7-14(2)9-17(8-13)25-12-16(11-20(25)26)21-23-22(27-24-21)19-10-15-5-3-4-6-18(15)28-19/h7-10,16H,3-6,11-12H2,1-2H3. The average molecular weight is 394 g/mol. The maximum absolute atomic E-state index is 12.6. The smallest absolute Gasteiger partial charge is 0.268 e. The van der Waals surface area contributed by atoms with E-state index in [1.54, 1.807) is 11.3 Å². The zero-order valence-electron chi connectivity index (χ0n) is 16.2. The summed E-state index contributed by atoms with van der Waals surface area (Å²) in [6.07, 6.45) is 5.25. The number of thiophene rings is 1. The van der Waals surface area contributed by atoms with Crippen LogP contribution in [0.3, 0.4) is 0 Å². The highest BCUT2D eigenvalue weighted by molar-refractivity contribution is 7.15. The van der Waals surface area contributed by atoms with Gasteiger partial charge in [0.05, 0.1) is 4.88 Å². The molecule has 0 N–H and O–H groups in total. The van der Waals surface area contributed by atoms with Crippen LogP contribution in [0, 0.1) is 13.8 Å². The van der Waals surface area contributed by atoms with E-state index in [4.69, 9.17) is 4.52 Å². The largest absolute Gasteiger partial charge is 0.333 e. The number of hydrogen-bond acceptors (Lipinski definition) is 5. The molecule has 0 spiro atoms. The summed E-state index contributed by atoms with van der Waals surface area (Å²) in [6, 6.07) is 8.45. The molecule has 2 aromatic heterocycles. The van der Waals surface area contributed by atoms with E-state index in [1.807, 2.05) is 4.90 Å². The summed E-state index contributed by atoms with van der Waals surface area (Å²) < 4.78 is 5.57. The van der Waals surface area contributed by atoms with Gasteiger partial charge in [-0.25, -0.2) is 0 Å². The molecular weight excluding hydrogens is 370 g/mol. The molecule has 1 aliphatic carbocycles. The highest BCUT2D eigenvalue weighted by Crippen LogP contribution is 2.37. The van der Waals surface area contributed by atoms with Crippen LogP contribution in [0.1, 0.15) is 52.6 Å². The number of nitrogens with zero attached hydrogens (tertiary/aromatic N) is 3. The van der Waals surface area contributed by atoms with Gasteiger partial charge in [-0.15, -0.1) is 11.3 Å². The van der Waals surface area contributed by atoms with Crippen molar-refractivity contribution in [2.45, 2.75) is 51.9 Å². The highest BCUT2D eigenvalue weighted by atomic mass is 32.1. The van der Waals surface area contributed by atoms with E-state index in [-0.39, 0.29) is 11.8 Å². The second-order valence-corrected chi connectivity index (χ2v) is 9.11. The van der Waals surface area contributed by atoms with Gasteiger partial charge in [0.25, 0.3) is 5.89 Å². The minimum Gasteiger partial charge on any atom is -0.333 e. The third-order valence-corrected chi connectivity index (χ3v) is 6.88. The third kappa shape index (κ3) is 3.15. The van der Waals surface area contributed by atoms with Gasteiger partial charge in [-0.3, -0.25) is 4.79 Å². The molecule has 1 aliphatic heterocycles. The molecule has 0 saturated carbocycles. The number of hydrogen-bond donors (Lipinski definition) is 0. The van der Waals surface area contributed by atoms with Crippen LogP contribution in [0.25, 0.3) is 10.8 Å². The van der Waals surface area contributed by atoms with Crippen molar-refractivity contribution in [3.63, 3.8) is 0 Å². The minimum absolute atomic E-state index is 0.0274. The Morgan fingerprint density at radius 3 is 2.68 bits per heavy atom. The molecule has 28 heavy (non-hydrogen) atoms. The van der Waals surface area contributed by atoms with Gasteiger partial charge < -0.3 is 9.42 Å². The Morgan fingerprint density at radius 1 is 1.11 bits per heavy atom. The Labute approximate surface area is 168 Å². The number of rotatable bonds is 3. The SMILES string of the molecule is Cc1cc(C)cc(N2CC(c3noc(-c4cc5c(s4)CCCC5)n3)CC2=O)c1. The third-order valence-electron chi connectivity index (χ3n) is 5.66. The van der Waals surface area contributed by atoms with Gasteiger partial charge in [-0.2, -0.15) is 4.98 Å². The van der Waals surface area contributed by atoms with Gasteiger partial charge in [0.15, 0.2) is 5.82 Å². The van der Waals surface area contributed by atoms with Gasteiger partial charge in [-0.1, -0.05) is 11.2 Å². The van der Waals surface area contributed by atoms with Gasteiger partial charge in [-0.05, 0) is 74.4 Å². The Hall–Kier alpha value is -2.47. The van der Waals surface area contributed by atoms with Crippen LogP contribution in [0.5, 0.6) is 0 Å². The van der Waals surface area contributed by atoms with Gasteiger partial charge in [0.2, 0.25) is 5.91 Å². The van der Waals surface area contributed by atoms with E-state index >= 15 is 0 Å². The van der Waals surface area contributed by atoms with Crippen molar-refractivity contribution in [3.8, 4) is 10.8 Å². The van der Waals surface area contributed by atoms with E-state index in [9.17, 15) is 4.79 Å². The lowest BCUT2D eigenvalue weighted by atomic mass is 9.99. The first-order valence-electron chi connectivity index (χ1n) is 9.91. The van der Waals surface area contributed by atoms with Crippen LogP contribution in [-0.4, -0.2) is 22.6 Å². The van der Waals surface area contributed by atoms with E-state index in [1.165, 1.54) is 23.3 Å². The molecule has 5 nitrogen and oxygen atoms in total. The van der Waals surface area contributed by atoms with E-state index in [2.05, 4.69) is 48.3 Å². The van der Waals surface area contributed by atoms with E-state index in [0.717, 1.165) is 34.5 Å². The van der Waals surface area contributed by atoms with Crippen molar-refractivity contribution < 1.29 is 9.32 Å². The van der Waals surface area contributed by atoms with Crippen LogP contribution in [-0.2, 0) is 17.6 Å². The fourth-order valence-electron chi connectivity index (χ4n) is 4.33. The number of benzene rings is 1. The average Bonchev–Trinajstić information content (AvgIpc) is 3.38. The lowest BCUT2D eigenvalue weighted by Crippen LogP contribution is -2.24. The zero-order chi connectivity index (χ0) is 19.3. The topological polar surface area (TPSA) is 59.2 Å². The fraction of sp³-hybridized carbons (Fsp3) is 0.409. The molecule has 0 radical (unpaired) electrons. The first-order valence-corrected chi connectivity index (χ1v) is 10.7. The number of aromatic nitrogens is 2. The van der Waals surface area contributed by atoms with Crippen LogP contribution >= 0.6 is 11.3 Å². The van der Waals surface area contributed by atoms with Crippen molar-refractivity contribution in [3.05, 3.63) is 51.7 Å². The van der Waals surface area contributed by atoms with Gasteiger partial charge >= 0.3 is 0 Å². The predicted octanol–water partition coefficient (Wildman–Crippen LogP) is 4.81. The fourth-order valence-corrected chi connectivity index (χ4v) is 5.51. The van der Waals surface area contributed by atoms with E-state index < -0.39 is 0 Å². The maximum atomic E-state index is 12.6. The summed E-state index contributed by atoms with van der Waals surface area (Å²) >= 11 is 1.77. The van der Waals surface area contributed by atoms with Gasteiger partial charge in [0, 0.05) is 29.4 Å². The number of anilines is 1. The van der Waals surface area contributed by atoms with E-state index in [0.29, 0.717) is 24.7 Å². The molecule has 1 aromatic carbocycles. The zero-order valence-corrected chi connectivity index (χ0v) is 17.0. The summed E-state index contributed by atoms with van der Waals surface area (Å²) in [7, 11) is 0. The first kappa shape index (κ1) is 17.6. The summed E-state index contributed by atoms with van der Waals surface area (Å²) in [6.45, 7) is 4.71. The molecular formula is C22H23N3O2S. The van der Waals surface area contributed by atoms with Crippen LogP contribution in [0.2, 0.25) is 0 Å². The highest BCUT2D eigenvalue weighted by Gasteiger charge is 2.35. The normalized spacial score (nSPS) is 19.3. The molecule has 1 saturated heterocycles. The predicted molar refractivity (Wildman–Crippen MR) is 110 cm³/mol. The number of carbonyl (C=O) groups excluding carboxylic acids is 1. The lowest BCUT2D eigenvalue weighted by Gasteiger charge is -2.17. The van der Waals surface area contributed by atoms with Crippen molar-refractivity contribution in [2.24, 2.45) is 0 Å². The summed E-state index contributed by atoms with van der Waals surface area (Å²) in [5.41, 5.74) is 4.72. The molecule has 1 amide bonds. The quantitative estimate of drug-likeness (QED) is 0.640. The summed E-state index contributed by atoms with van der Waals surface area (Å²) in [4.78, 5) is 21.7. The molecule has 2 aliphatic rings. The van der Waals surface area contributed by atoms with Gasteiger partial charge in [0.1, 0.15) is 0 Å². The molecule has 6 heteroatoms. The second kappa shape index (κ2) is 6.85.